The van der Waals surface area contributed by atoms with Gasteiger partial charge in [0.2, 0.25) is 10.0 Å². The third-order valence-corrected chi connectivity index (χ3v) is 5.75. The van der Waals surface area contributed by atoms with Gasteiger partial charge in [0.1, 0.15) is 0 Å². The van der Waals surface area contributed by atoms with Crippen molar-refractivity contribution >= 4 is 33.0 Å². The fraction of sp³-hybridized carbons (Fsp3) is 0.231. The van der Waals surface area contributed by atoms with Crippen LogP contribution in [0.5, 0.6) is 0 Å². The second-order valence-electron chi connectivity index (χ2n) is 4.27. The van der Waals surface area contributed by atoms with Gasteiger partial charge in [0, 0.05) is 9.90 Å². The summed E-state index contributed by atoms with van der Waals surface area (Å²) in [5, 5.41) is 11.2. The second-order valence-corrected chi connectivity index (χ2v) is 7.37. The Morgan fingerprint density at radius 1 is 1.40 bits per heavy atom. The summed E-state index contributed by atoms with van der Waals surface area (Å²) < 4.78 is 27.1. The van der Waals surface area contributed by atoms with Crippen LogP contribution in [0.3, 0.4) is 0 Å². The number of hydrogen-bond acceptors (Lipinski definition) is 4. The lowest BCUT2D eigenvalue weighted by Crippen LogP contribution is -2.26. The topological polar surface area (TPSA) is 66.4 Å². The number of halogens is 1. The first-order valence-electron chi connectivity index (χ1n) is 5.89. The molecule has 1 unspecified atom stereocenters. The van der Waals surface area contributed by atoms with Gasteiger partial charge in [0.05, 0.1) is 17.5 Å². The average molecular weight is 332 g/mol. The van der Waals surface area contributed by atoms with Gasteiger partial charge in [-0.3, -0.25) is 0 Å². The molecule has 1 aromatic carbocycles. The lowest BCUT2D eigenvalue weighted by molar-refractivity contribution is 0.282. The largest absolute Gasteiger partial charge is 0.392 e. The van der Waals surface area contributed by atoms with Gasteiger partial charge in [-0.25, -0.2) is 13.1 Å². The molecule has 1 atom stereocenters. The molecule has 0 aliphatic carbocycles. The smallest absolute Gasteiger partial charge is 0.241 e. The molecule has 0 amide bonds. The molecular weight excluding hydrogens is 318 g/mol. The van der Waals surface area contributed by atoms with Crippen LogP contribution in [0.1, 0.15) is 23.4 Å². The highest BCUT2D eigenvalue weighted by atomic mass is 35.5. The zero-order valence-electron chi connectivity index (χ0n) is 10.7. The van der Waals surface area contributed by atoms with Crippen LogP contribution in [0.2, 0.25) is 5.02 Å². The van der Waals surface area contributed by atoms with Crippen molar-refractivity contribution in [2.45, 2.75) is 24.5 Å². The molecule has 108 valence electrons. The predicted octanol–water partition coefficient (Wildman–Crippen LogP) is 2.93. The minimum absolute atomic E-state index is 0.0862. The second kappa shape index (κ2) is 6.24. The van der Waals surface area contributed by atoms with Crippen LogP contribution < -0.4 is 4.72 Å². The van der Waals surface area contributed by atoms with Crippen molar-refractivity contribution in [1.82, 2.24) is 4.72 Å². The molecule has 0 fully saturated rings. The van der Waals surface area contributed by atoms with Crippen molar-refractivity contribution < 1.29 is 13.5 Å². The predicted molar refractivity (Wildman–Crippen MR) is 80.4 cm³/mol. The van der Waals surface area contributed by atoms with E-state index in [0.717, 1.165) is 4.88 Å². The third kappa shape index (κ3) is 3.39. The molecule has 2 rings (SSSR count). The summed E-state index contributed by atoms with van der Waals surface area (Å²) in [5.41, 5.74) is 0.497. The van der Waals surface area contributed by atoms with Crippen LogP contribution in [-0.4, -0.2) is 13.5 Å². The Balaban J connectivity index is 2.24. The van der Waals surface area contributed by atoms with Crippen molar-refractivity contribution in [3.05, 3.63) is 51.2 Å². The summed E-state index contributed by atoms with van der Waals surface area (Å²) in [5.74, 6) is 0. The van der Waals surface area contributed by atoms with Gasteiger partial charge in [-0.15, -0.1) is 11.3 Å². The number of sulfonamides is 1. The molecule has 1 heterocycles. The maximum Gasteiger partial charge on any atom is 0.241 e. The van der Waals surface area contributed by atoms with Crippen molar-refractivity contribution in [1.29, 1.82) is 0 Å². The zero-order valence-corrected chi connectivity index (χ0v) is 13.1. The van der Waals surface area contributed by atoms with Crippen LogP contribution in [0.15, 0.2) is 40.6 Å². The first kappa shape index (κ1) is 15.5. The van der Waals surface area contributed by atoms with Crippen LogP contribution >= 0.6 is 22.9 Å². The monoisotopic (exact) mass is 331 g/mol. The molecule has 2 aromatic rings. The Morgan fingerprint density at radius 2 is 2.15 bits per heavy atom. The maximum absolute atomic E-state index is 12.3. The van der Waals surface area contributed by atoms with E-state index in [1.165, 1.54) is 29.5 Å². The van der Waals surface area contributed by atoms with Gasteiger partial charge in [-0.2, -0.15) is 0 Å². The van der Waals surface area contributed by atoms with E-state index in [1.807, 2.05) is 17.5 Å². The number of hydrogen-bond donors (Lipinski definition) is 2. The summed E-state index contributed by atoms with van der Waals surface area (Å²) in [4.78, 5) is 1.02. The van der Waals surface area contributed by atoms with Gasteiger partial charge < -0.3 is 5.11 Å². The van der Waals surface area contributed by atoms with E-state index in [0.29, 0.717) is 5.56 Å². The van der Waals surface area contributed by atoms with E-state index >= 15 is 0 Å². The van der Waals surface area contributed by atoms with Gasteiger partial charge in [0.25, 0.3) is 0 Å². The summed E-state index contributed by atoms with van der Waals surface area (Å²) in [6.07, 6.45) is 0. The van der Waals surface area contributed by atoms with E-state index in [1.54, 1.807) is 6.92 Å². The van der Waals surface area contributed by atoms with Gasteiger partial charge in [0.15, 0.2) is 0 Å². The Morgan fingerprint density at radius 3 is 2.70 bits per heavy atom. The van der Waals surface area contributed by atoms with E-state index in [4.69, 9.17) is 16.7 Å². The molecule has 0 aliphatic heterocycles. The highest BCUT2D eigenvalue weighted by Gasteiger charge is 2.19. The van der Waals surface area contributed by atoms with Crippen LogP contribution in [-0.2, 0) is 16.6 Å². The number of aliphatic hydroxyl groups is 1. The third-order valence-electron chi connectivity index (χ3n) is 2.81. The number of nitrogens with one attached hydrogen (secondary N) is 1. The Bertz CT molecular complexity index is 684. The van der Waals surface area contributed by atoms with Gasteiger partial charge in [-0.1, -0.05) is 23.7 Å². The fourth-order valence-electron chi connectivity index (χ4n) is 1.72. The summed E-state index contributed by atoms with van der Waals surface area (Å²) in [6, 6.07) is 7.72. The summed E-state index contributed by atoms with van der Waals surface area (Å²) in [6.45, 7) is 1.56. The Labute approximate surface area is 127 Å². The minimum Gasteiger partial charge on any atom is -0.392 e. The van der Waals surface area contributed by atoms with E-state index in [2.05, 4.69) is 4.72 Å². The molecule has 1 aromatic heterocycles. The molecule has 0 radical (unpaired) electrons. The van der Waals surface area contributed by atoms with E-state index in [9.17, 15) is 8.42 Å². The lowest BCUT2D eigenvalue weighted by Gasteiger charge is -2.13. The van der Waals surface area contributed by atoms with Crippen molar-refractivity contribution in [3.63, 3.8) is 0 Å². The van der Waals surface area contributed by atoms with Gasteiger partial charge >= 0.3 is 0 Å². The first-order valence-corrected chi connectivity index (χ1v) is 8.63. The molecular formula is C13H14ClNO3S2. The fourth-order valence-corrected chi connectivity index (χ4v) is 4.08. The van der Waals surface area contributed by atoms with Crippen molar-refractivity contribution in [3.8, 4) is 0 Å². The molecule has 0 spiro atoms. The molecule has 2 N–H and O–H groups in total. The van der Waals surface area contributed by atoms with Gasteiger partial charge in [-0.05, 0) is 36.1 Å². The number of thiophene rings is 1. The molecule has 7 heteroatoms. The first-order chi connectivity index (χ1) is 9.44. The zero-order chi connectivity index (χ0) is 14.8. The maximum atomic E-state index is 12.3. The summed E-state index contributed by atoms with van der Waals surface area (Å²) >= 11 is 7.41. The SMILES string of the molecule is CC(NS(=O)(=O)c1ccc(CO)c(Cl)c1)c1cccs1. The Hall–Kier alpha value is -0.920. The Kier molecular flexibility index (Phi) is 4.82. The van der Waals surface area contributed by atoms with Crippen molar-refractivity contribution in [2.24, 2.45) is 0 Å². The average Bonchev–Trinajstić information content (AvgIpc) is 2.92. The van der Waals surface area contributed by atoms with E-state index in [-0.39, 0.29) is 22.6 Å². The minimum atomic E-state index is -3.64. The normalized spacial score (nSPS) is 13.3. The molecule has 0 saturated heterocycles. The standard InChI is InChI=1S/C13H14ClNO3S2/c1-9(13-3-2-6-19-13)15-20(17,18)11-5-4-10(8-16)12(14)7-11/h2-7,9,15-16H,8H2,1H3. The number of benzene rings is 1. The van der Waals surface area contributed by atoms with Crippen LogP contribution in [0.25, 0.3) is 0 Å². The number of aliphatic hydroxyl groups excluding tert-OH is 1. The van der Waals surface area contributed by atoms with Crippen LogP contribution in [0.4, 0.5) is 0 Å². The molecule has 0 aliphatic rings. The highest BCUT2D eigenvalue weighted by molar-refractivity contribution is 7.89. The highest BCUT2D eigenvalue weighted by Crippen LogP contribution is 2.24. The number of rotatable bonds is 5. The molecule has 4 nitrogen and oxygen atoms in total. The van der Waals surface area contributed by atoms with Crippen molar-refractivity contribution in [2.75, 3.05) is 0 Å². The quantitative estimate of drug-likeness (QED) is 0.885. The molecule has 0 saturated carbocycles. The van der Waals surface area contributed by atoms with Crippen LogP contribution in [0, 0.1) is 0 Å². The van der Waals surface area contributed by atoms with E-state index < -0.39 is 10.0 Å². The molecule has 20 heavy (non-hydrogen) atoms. The summed E-state index contributed by atoms with van der Waals surface area (Å²) in [7, 11) is -3.64. The molecule has 0 bridgehead atoms. The lowest BCUT2D eigenvalue weighted by atomic mass is 10.2.